The first-order valence-electron chi connectivity index (χ1n) is 8.50. The first-order valence-corrected chi connectivity index (χ1v) is 8.50. The normalized spacial score (nSPS) is 10.6. The van der Waals surface area contributed by atoms with Gasteiger partial charge < -0.3 is 10.2 Å². The van der Waals surface area contributed by atoms with Crippen molar-refractivity contribution in [3.05, 3.63) is 97.1 Å². The average Bonchev–Trinajstić information content (AvgIpc) is 2.70. The van der Waals surface area contributed by atoms with Crippen LogP contribution in [0.4, 0.5) is 0 Å². The van der Waals surface area contributed by atoms with Crippen LogP contribution in [0.5, 0.6) is 11.5 Å². The smallest absolute Gasteiger partial charge is 0.131 e. The first kappa shape index (κ1) is 16.0. The Labute approximate surface area is 152 Å². The van der Waals surface area contributed by atoms with Crippen LogP contribution in [0.3, 0.4) is 0 Å². The molecule has 4 aromatic carbocycles. The minimum Gasteiger partial charge on any atom is -0.508 e. The summed E-state index contributed by atoms with van der Waals surface area (Å²) < 4.78 is 0. The molecule has 4 rings (SSSR count). The van der Waals surface area contributed by atoms with Crippen molar-refractivity contribution in [3.63, 3.8) is 0 Å². The second kappa shape index (κ2) is 6.77. The van der Waals surface area contributed by atoms with E-state index in [1.54, 1.807) is 12.1 Å². The minimum absolute atomic E-state index is 0.222. The molecule has 0 spiro atoms. The number of rotatable bonds is 3. The molecule has 0 aliphatic carbocycles. The second-order valence-electron chi connectivity index (χ2n) is 6.16. The van der Waals surface area contributed by atoms with Crippen LogP contribution in [-0.4, -0.2) is 10.2 Å². The predicted octanol–water partition coefficient (Wildman–Crippen LogP) is 6.10. The van der Waals surface area contributed by atoms with Gasteiger partial charge in [-0.1, -0.05) is 78.9 Å². The summed E-state index contributed by atoms with van der Waals surface area (Å²) in [4.78, 5) is 0. The number of aromatic hydroxyl groups is 2. The highest BCUT2D eigenvalue weighted by molar-refractivity contribution is 5.93. The Morgan fingerprint density at radius 2 is 0.923 bits per heavy atom. The fourth-order valence-electron chi connectivity index (χ4n) is 3.22. The summed E-state index contributed by atoms with van der Waals surface area (Å²) in [6, 6.07) is 30.7. The van der Waals surface area contributed by atoms with Crippen molar-refractivity contribution in [3.8, 4) is 44.9 Å². The Morgan fingerprint density at radius 1 is 0.423 bits per heavy atom. The Hall–Kier alpha value is -3.52. The third kappa shape index (κ3) is 2.93. The second-order valence-corrected chi connectivity index (χ2v) is 6.16. The summed E-state index contributed by atoms with van der Waals surface area (Å²) in [7, 11) is 0. The summed E-state index contributed by atoms with van der Waals surface area (Å²) in [6.45, 7) is 0. The van der Waals surface area contributed by atoms with Gasteiger partial charge in [0, 0.05) is 11.1 Å². The number of phenolic OH excluding ortho intramolecular Hbond substituents is 2. The van der Waals surface area contributed by atoms with Gasteiger partial charge >= 0.3 is 0 Å². The minimum atomic E-state index is 0.222. The predicted molar refractivity (Wildman–Crippen MR) is 106 cm³/mol. The van der Waals surface area contributed by atoms with Gasteiger partial charge in [0.15, 0.2) is 0 Å². The molecule has 0 unspecified atom stereocenters. The summed E-state index contributed by atoms with van der Waals surface area (Å²) in [5, 5.41) is 20.7. The Bertz CT molecular complexity index is 1020. The number of phenols is 2. The van der Waals surface area contributed by atoms with Crippen LogP contribution >= 0.6 is 0 Å². The molecule has 2 nitrogen and oxygen atoms in total. The van der Waals surface area contributed by atoms with E-state index in [4.69, 9.17) is 0 Å². The van der Waals surface area contributed by atoms with Gasteiger partial charge in [0.25, 0.3) is 0 Å². The van der Waals surface area contributed by atoms with Crippen LogP contribution in [-0.2, 0) is 0 Å². The highest BCUT2D eigenvalue weighted by Gasteiger charge is 2.16. The van der Waals surface area contributed by atoms with E-state index in [-0.39, 0.29) is 11.5 Å². The molecular weight excluding hydrogens is 320 g/mol. The summed E-state index contributed by atoms with van der Waals surface area (Å²) in [5.41, 5.74) is 5.37. The molecule has 2 heteroatoms. The lowest BCUT2D eigenvalue weighted by atomic mass is 9.90. The molecule has 0 saturated carbocycles. The third-order valence-electron chi connectivity index (χ3n) is 4.50. The zero-order valence-electron chi connectivity index (χ0n) is 14.1. The van der Waals surface area contributed by atoms with Gasteiger partial charge in [0.2, 0.25) is 0 Å². The molecule has 0 aromatic heterocycles. The van der Waals surface area contributed by atoms with Crippen LogP contribution in [0, 0.1) is 0 Å². The summed E-state index contributed by atoms with van der Waals surface area (Å²) in [6.07, 6.45) is 0. The molecule has 126 valence electrons. The van der Waals surface area contributed by atoms with Gasteiger partial charge in [-0.2, -0.15) is 0 Å². The van der Waals surface area contributed by atoms with Gasteiger partial charge in [-0.05, 0) is 40.5 Å². The van der Waals surface area contributed by atoms with Crippen molar-refractivity contribution in [2.24, 2.45) is 0 Å². The molecule has 0 atom stereocenters. The molecule has 26 heavy (non-hydrogen) atoms. The topological polar surface area (TPSA) is 40.5 Å². The Morgan fingerprint density at radius 3 is 1.54 bits per heavy atom. The van der Waals surface area contributed by atoms with Gasteiger partial charge in [-0.25, -0.2) is 0 Å². The van der Waals surface area contributed by atoms with Crippen molar-refractivity contribution < 1.29 is 10.2 Å². The number of hydrogen-bond acceptors (Lipinski definition) is 2. The van der Waals surface area contributed by atoms with Crippen molar-refractivity contribution in [1.82, 2.24) is 0 Å². The zero-order chi connectivity index (χ0) is 17.9. The molecule has 0 aliphatic heterocycles. The fraction of sp³-hybridized carbons (Fsp3) is 0. The van der Waals surface area contributed by atoms with Gasteiger partial charge in [-0.15, -0.1) is 0 Å². The van der Waals surface area contributed by atoms with Crippen LogP contribution in [0.15, 0.2) is 97.1 Å². The molecule has 2 N–H and O–H groups in total. The van der Waals surface area contributed by atoms with Crippen LogP contribution in [0.2, 0.25) is 0 Å². The monoisotopic (exact) mass is 338 g/mol. The molecule has 0 aliphatic rings. The van der Waals surface area contributed by atoms with E-state index in [0.717, 1.165) is 33.4 Å². The van der Waals surface area contributed by atoms with Crippen molar-refractivity contribution >= 4 is 0 Å². The lowest BCUT2D eigenvalue weighted by Crippen LogP contribution is -1.89. The Balaban J connectivity index is 1.98. The molecule has 0 heterocycles. The van der Waals surface area contributed by atoms with E-state index >= 15 is 0 Å². The molecule has 0 amide bonds. The Kier molecular flexibility index (Phi) is 4.16. The van der Waals surface area contributed by atoms with E-state index in [0.29, 0.717) is 0 Å². The summed E-state index contributed by atoms with van der Waals surface area (Å²) in [5.74, 6) is 0.480. The van der Waals surface area contributed by atoms with E-state index in [2.05, 4.69) is 0 Å². The highest BCUT2D eigenvalue weighted by Crippen LogP contribution is 2.44. The maximum absolute atomic E-state index is 11.1. The largest absolute Gasteiger partial charge is 0.508 e. The van der Waals surface area contributed by atoms with E-state index in [1.165, 1.54) is 0 Å². The lowest BCUT2D eigenvalue weighted by molar-refractivity contribution is 0.475. The lowest BCUT2D eigenvalue weighted by Gasteiger charge is -2.16. The quantitative estimate of drug-likeness (QED) is 0.474. The van der Waals surface area contributed by atoms with Crippen LogP contribution in [0.1, 0.15) is 0 Å². The fourth-order valence-corrected chi connectivity index (χ4v) is 3.22. The van der Waals surface area contributed by atoms with E-state index < -0.39 is 0 Å². The molecule has 0 bridgehead atoms. The third-order valence-corrected chi connectivity index (χ3v) is 4.50. The van der Waals surface area contributed by atoms with E-state index in [9.17, 15) is 10.2 Å². The number of hydrogen-bond donors (Lipinski definition) is 2. The zero-order valence-corrected chi connectivity index (χ0v) is 14.1. The van der Waals surface area contributed by atoms with E-state index in [1.807, 2.05) is 84.9 Å². The maximum Gasteiger partial charge on any atom is 0.131 e. The van der Waals surface area contributed by atoms with Gasteiger partial charge in [-0.3, -0.25) is 0 Å². The molecule has 0 fully saturated rings. The molecule has 0 radical (unpaired) electrons. The van der Waals surface area contributed by atoms with Crippen molar-refractivity contribution in [2.75, 3.05) is 0 Å². The van der Waals surface area contributed by atoms with Crippen molar-refractivity contribution in [1.29, 1.82) is 0 Å². The molecular formula is C24H18O2. The highest BCUT2D eigenvalue weighted by atomic mass is 16.3. The van der Waals surface area contributed by atoms with Crippen LogP contribution in [0.25, 0.3) is 33.4 Å². The van der Waals surface area contributed by atoms with Crippen LogP contribution < -0.4 is 0 Å². The SMILES string of the molecule is Oc1ccc(-c2ccc(-c3ccccc3)c(O)c2-c2ccccc2)cc1. The summed E-state index contributed by atoms with van der Waals surface area (Å²) >= 11 is 0. The van der Waals surface area contributed by atoms with Gasteiger partial charge in [0.05, 0.1) is 0 Å². The standard InChI is InChI=1S/C24H18O2/c25-20-13-11-18(12-14-20)21-15-16-22(17-7-3-1-4-8-17)24(26)23(21)19-9-5-2-6-10-19/h1-16,25-26H. The van der Waals surface area contributed by atoms with Crippen molar-refractivity contribution in [2.45, 2.75) is 0 Å². The number of benzene rings is 4. The van der Waals surface area contributed by atoms with Gasteiger partial charge in [0.1, 0.15) is 11.5 Å². The molecule has 4 aromatic rings. The first-order chi connectivity index (χ1) is 12.7. The maximum atomic E-state index is 11.1. The molecule has 0 saturated heterocycles. The average molecular weight is 338 g/mol.